The van der Waals surface area contributed by atoms with Crippen LogP contribution in [-0.4, -0.2) is 46.7 Å². The standard InChI is InChI=1S/C16H15BrN2O5/c1-24-12-6-5-11(22)14(18-12)16(7-20)13-9(17)3-2-4-10(13)19(8-21)15(16)23/h2-6,20-22H,7-8H2,1H3. The van der Waals surface area contributed by atoms with Gasteiger partial charge in [0.2, 0.25) is 11.8 Å². The third-order valence-electron chi connectivity index (χ3n) is 4.16. The number of ether oxygens (including phenoxy) is 1. The van der Waals surface area contributed by atoms with Crippen molar-refractivity contribution in [2.45, 2.75) is 5.41 Å². The Kier molecular flexibility index (Phi) is 4.20. The third kappa shape index (κ3) is 2.10. The highest BCUT2D eigenvalue weighted by atomic mass is 79.9. The summed E-state index contributed by atoms with van der Waals surface area (Å²) >= 11 is 3.39. The maximum Gasteiger partial charge on any atom is 0.248 e. The Morgan fingerprint density at radius 1 is 1.29 bits per heavy atom. The minimum atomic E-state index is -1.64. The quantitative estimate of drug-likeness (QED) is 0.718. The van der Waals surface area contributed by atoms with Crippen LogP contribution in [0.2, 0.25) is 0 Å². The first-order valence-electron chi connectivity index (χ1n) is 7.08. The van der Waals surface area contributed by atoms with Crippen molar-refractivity contribution >= 4 is 27.5 Å². The van der Waals surface area contributed by atoms with Crippen molar-refractivity contribution in [1.82, 2.24) is 4.98 Å². The molecule has 0 saturated heterocycles. The molecule has 8 heteroatoms. The van der Waals surface area contributed by atoms with Crippen molar-refractivity contribution < 1.29 is 24.9 Å². The van der Waals surface area contributed by atoms with Gasteiger partial charge in [0.15, 0.2) is 0 Å². The zero-order valence-electron chi connectivity index (χ0n) is 12.7. The van der Waals surface area contributed by atoms with E-state index in [0.29, 0.717) is 15.7 Å². The van der Waals surface area contributed by atoms with Gasteiger partial charge >= 0.3 is 0 Å². The minimum Gasteiger partial charge on any atom is -0.506 e. The van der Waals surface area contributed by atoms with E-state index in [1.807, 2.05) is 0 Å². The monoisotopic (exact) mass is 394 g/mol. The first kappa shape index (κ1) is 16.7. The van der Waals surface area contributed by atoms with Gasteiger partial charge < -0.3 is 20.1 Å². The molecule has 1 amide bonds. The van der Waals surface area contributed by atoms with E-state index in [2.05, 4.69) is 20.9 Å². The minimum absolute atomic E-state index is 0.0292. The van der Waals surface area contributed by atoms with Crippen molar-refractivity contribution in [3.63, 3.8) is 0 Å². The summed E-state index contributed by atoms with van der Waals surface area (Å²) in [5, 5.41) is 30.1. The molecule has 126 valence electrons. The zero-order chi connectivity index (χ0) is 17.5. The molecule has 2 heterocycles. The SMILES string of the molecule is COc1ccc(O)c(C2(CO)C(=O)N(CO)c3cccc(Br)c32)n1. The predicted octanol–water partition coefficient (Wildman–Crippen LogP) is 1.13. The molecule has 3 rings (SSSR count). The Labute approximate surface area is 146 Å². The number of rotatable bonds is 4. The number of hydrogen-bond donors (Lipinski definition) is 3. The fraction of sp³-hybridized carbons (Fsp3) is 0.250. The van der Waals surface area contributed by atoms with Crippen molar-refractivity contribution in [1.29, 1.82) is 0 Å². The van der Waals surface area contributed by atoms with Crippen LogP contribution in [0.4, 0.5) is 5.69 Å². The Hall–Kier alpha value is -2.16. The summed E-state index contributed by atoms with van der Waals surface area (Å²) in [6.07, 6.45) is 0. The lowest BCUT2D eigenvalue weighted by molar-refractivity contribution is -0.123. The molecule has 2 aromatic rings. The first-order chi connectivity index (χ1) is 11.5. The molecule has 0 aliphatic carbocycles. The van der Waals surface area contributed by atoms with Crippen molar-refractivity contribution in [2.75, 3.05) is 25.3 Å². The van der Waals surface area contributed by atoms with Crippen molar-refractivity contribution in [3.8, 4) is 11.6 Å². The first-order valence-corrected chi connectivity index (χ1v) is 7.87. The second-order valence-electron chi connectivity index (χ2n) is 5.29. The van der Waals surface area contributed by atoms with E-state index >= 15 is 0 Å². The number of halogens is 1. The van der Waals surface area contributed by atoms with Crippen LogP contribution in [0.15, 0.2) is 34.8 Å². The molecular weight excluding hydrogens is 380 g/mol. The summed E-state index contributed by atoms with van der Waals surface area (Å²) in [7, 11) is 1.41. The molecule has 1 aromatic heterocycles. The van der Waals surface area contributed by atoms with Gasteiger partial charge in [-0.15, -0.1) is 0 Å². The molecule has 0 spiro atoms. The number of anilines is 1. The van der Waals surface area contributed by atoms with Gasteiger partial charge in [-0.2, -0.15) is 0 Å². The van der Waals surface area contributed by atoms with Crippen LogP contribution in [0.25, 0.3) is 0 Å². The number of aliphatic hydroxyl groups is 2. The van der Waals surface area contributed by atoms with E-state index in [1.54, 1.807) is 18.2 Å². The molecule has 24 heavy (non-hydrogen) atoms. The Bertz CT molecular complexity index is 813. The van der Waals surface area contributed by atoms with Crippen LogP contribution in [0.5, 0.6) is 11.6 Å². The number of carbonyl (C=O) groups excluding carboxylic acids is 1. The molecule has 1 atom stereocenters. The van der Waals surface area contributed by atoms with E-state index in [-0.39, 0.29) is 17.3 Å². The highest BCUT2D eigenvalue weighted by molar-refractivity contribution is 9.10. The summed E-state index contributed by atoms with van der Waals surface area (Å²) in [6.45, 7) is -1.19. The third-order valence-corrected chi connectivity index (χ3v) is 4.82. The lowest BCUT2D eigenvalue weighted by Gasteiger charge is -2.27. The molecule has 1 unspecified atom stereocenters. The van der Waals surface area contributed by atoms with E-state index in [4.69, 9.17) is 4.74 Å². The summed E-state index contributed by atoms with van der Waals surface area (Å²) in [5.41, 5.74) is -0.799. The van der Waals surface area contributed by atoms with Crippen LogP contribution in [0, 0.1) is 0 Å². The number of benzene rings is 1. The number of carbonyl (C=O) groups is 1. The van der Waals surface area contributed by atoms with Crippen molar-refractivity contribution in [2.24, 2.45) is 0 Å². The van der Waals surface area contributed by atoms with Crippen LogP contribution < -0.4 is 9.64 Å². The van der Waals surface area contributed by atoms with Crippen LogP contribution in [-0.2, 0) is 10.2 Å². The molecule has 0 saturated carbocycles. The largest absolute Gasteiger partial charge is 0.506 e. The van der Waals surface area contributed by atoms with Crippen molar-refractivity contribution in [3.05, 3.63) is 46.1 Å². The van der Waals surface area contributed by atoms with Gasteiger partial charge in [0.05, 0.1) is 19.4 Å². The van der Waals surface area contributed by atoms with Gasteiger partial charge in [0.25, 0.3) is 0 Å². The summed E-state index contributed by atoms with van der Waals surface area (Å²) in [6, 6.07) is 7.89. The number of nitrogens with zero attached hydrogens (tertiary/aromatic N) is 2. The second-order valence-corrected chi connectivity index (χ2v) is 6.15. The molecule has 7 nitrogen and oxygen atoms in total. The molecule has 0 fully saturated rings. The van der Waals surface area contributed by atoms with Crippen LogP contribution in [0.3, 0.4) is 0 Å². The predicted molar refractivity (Wildman–Crippen MR) is 89.0 cm³/mol. The number of aliphatic hydroxyl groups excluding tert-OH is 2. The van der Waals surface area contributed by atoms with E-state index < -0.39 is 24.7 Å². The normalized spacial score (nSPS) is 19.5. The molecule has 0 radical (unpaired) electrons. The maximum absolute atomic E-state index is 13.0. The van der Waals surface area contributed by atoms with E-state index in [9.17, 15) is 20.1 Å². The number of fused-ring (bicyclic) bond motifs is 1. The van der Waals surface area contributed by atoms with Gasteiger partial charge in [0.1, 0.15) is 23.6 Å². The average molecular weight is 395 g/mol. The number of hydrogen-bond acceptors (Lipinski definition) is 6. The Balaban J connectivity index is 2.37. The van der Waals surface area contributed by atoms with Gasteiger partial charge in [-0.3, -0.25) is 9.69 Å². The Morgan fingerprint density at radius 3 is 2.67 bits per heavy atom. The number of aromatic nitrogens is 1. The maximum atomic E-state index is 13.0. The molecule has 3 N–H and O–H groups in total. The van der Waals surface area contributed by atoms with Crippen LogP contribution in [0.1, 0.15) is 11.3 Å². The molecule has 0 bridgehead atoms. The zero-order valence-corrected chi connectivity index (χ0v) is 14.3. The molecule has 1 aromatic carbocycles. The smallest absolute Gasteiger partial charge is 0.248 e. The average Bonchev–Trinajstić information content (AvgIpc) is 2.84. The highest BCUT2D eigenvalue weighted by Crippen LogP contribution is 2.50. The number of methoxy groups -OCH3 is 1. The fourth-order valence-electron chi connectivity index (χ4n) is 3.05. The molecule has 1 aliphatic rings. The van der Waals surface area contributed by atoms with Crippen LogP contribution >= 0.6 is 15.9 Å². The second kappa shape index (κ2) is 6.04. The number of aromatic hydroxyl groups is 1. The summed E-state index contributed by atoms with van der Waals surface area (Å²) in [5.74, 6) is -0.635. The number of pyridine rings is 1. The summed E-state index contributed by atoms with van der Waals surface area (Å²) < 4.78 is 5.63. The lowest BCUT2D eigenvalue weighted by Crippen LogP contribution is -2.45. The lowest BCUT2D eigenvalue weighted by atomic mass is 9.78. The van der Waals surface area contributed by atoms with E-state index in [0.717, 1.165) is 4.90 Å². The fourth-order valence-corrected chi connectivity index (χ4v) is 3.74. The molecular formula is C16H15BrN2O5. The Morgan fingerprint density at radius 2 is 2.04 bits per heavy atom. The van der Waals surface area contributed by atoms with Gasteiger partial charge in [-0.1, -0.05) is 22.0 Å². The summed E-state index contributed by atoms with van der Waals surface area (Å²) in [4.78, 5) is 18.4. The number of amides is 1. The topological polar surface area (TPSA) is 103 Å². The van der Waals surface area contributed by atoms with Gasteiger partial charge in [-0.05, 0) is 18.2 Å². The highest BCUT2D eigenvalue weighted by Gasteiger charge is 2.55. The van der Waals surface area contributed by atoms with E-state index in [1.165, 1.54) is 19.2 Å². The molecule has 1 aliphatic heterocycles. The van der Waals surface area contributed by atoms with Gasteiger partial charge in [-0.25, -0.2) is 4.98 Å². The van der Waals surface area contributed by atoms with Gasteiger partial charge in [0, 0.05) is 16.1 Å².